The number of amides is 1. The zero-order chi connectivity index (χ0) is 13.7. The van der Waals surface area contributed by atoms with Gasteiger partial charge in [-0.05, 0) is 25.0 Å². The standard InChI is InChI=1S/C14H17N3O2/c1-3-6-12(18)15-9-13-16-17-14(19-13)11-8-5-4-7-10(11)2/h4-5,7-8H,3,6,9H2,1-2H3,(H,15,18). The second-order valence-corrected chi connectivity index (χ2v) is 4.34. The van der Waals surface area contributed by atoms with E-state index >= 15 is 0 Å². The number of nitrogens with one attached hydrogen (secondary N) is 1. The Labute approximate surface area is 112 Å². The number of nitrogens with zero attached hydrogens (tertiary/aromatic N) is 2. The molecule has 0 saturated carbocycles. The van der Waals surface area contributed by atoms with Crippen LogP contribution in [0.2, 0.25) is 0 Å². The molecule has 0 spiro atoms. The summed E-state index contributed by atoms with van der Waals surface area (Å²) in [5.41, 5.74) is 1.99. The van der Waals surface area contributed by atoms with E-state index in [1.807, 2.05) is 38.1 Å². The van der Waals surface area contributed by atoms with Gasteiger partial charge in [0, 0.05) is 12.0 Å². The summed E-state index contributed by atoms with van der Waals surface area (Å²) in [5.74, 6) is 0.902. The van der Waals surface area contributed by atoms with Crippen molar-refractivity contribution in [3.8, 4) is 11.5 Å². The molecule has 0 saturated heterocycles. The third-order valence-corrected chi connectivity index (χ3v) is 2.76. The fourth-order valence-electron chi connectivity index (χ4n) is 1.74. The Morgan fingerprint density at radius 1 is 1.32 bits per heavy atom. The zero-order valence-electron chi connectivity index (χ0n) is 11.1. The minimum atomic E-state index is -0.00172. The normalized spacial score (nSPS) is 10.4. The topological polar surface area (TPSA) is 68.0 Å². The number of rotatable bonds is 5. The molecule has 0 unspecified atom stereocenters. The average Bonchev–Trinajstić information content (AvgIpc) is 2.86. The zero-order valence-corrected chi connectivity index (χ0v) is 11.1. The average molecular weight is 259 g/mol. The van der Waals surface area contributed by atoms with Crippen molar-refractivity contribution < 1.29 is 9.21 Å². The highest BCUT2D eigenvalue weighted by Crippen LogP contribution is 2.21. The molecule has 1 N–H and O–H groups in total. The van der Waals surface area contributed by atoms with Crippen molar-refractivity contribution in [2.75, 3.05) is 0 Å². The van der Waals surface area contributed by atoms with Gasteiger partial charge in [-0.2, -0.15) is 0 Å². The van der Waals surface area contributed by atoms with E-state index in [9.17, 15) is 4.79 Å². The Morgan fingerprint density at radius 2 is 2.11 bits per heavy atom. The fourth-order valence-corrected chi connectivity index (χ4v) is 1.74. The lowest BCUT2D eigenvalue weighted by atomic mass is 10.1. The molecule has 0 aliphatic carbocycles. The first-order valence-corrected chi connectivity index (χ1v) is 6.35. The summed E-state index contributed by atoms with van der Waals surface area (Å²) in [6.45, 7) is 4.22. The van der Waals surface area contributed by atoms with Crippen LogP contribution < -0.4 is 5.32 Å². The lowest BCUT2D eigenvalue weighted by molar-refractivity contribution is -0.121. The maximum Gasteiger partial charge on any atom is 0.248 e. The molecule has 1 heterocycles. The summed E-state index contributed by atoms with van der Waals surface area (Å²) >= 11 is 0. The van der Waals surface area contributed by atoms with Gasteiger partial charge in [0.25, 0.3) is 0 Å². The molecular weight excluding hydrogens is 242 g/mol. The summed E-state index contributed by atoms with van der Waals surface area (Å²) in [5, 5.41) is 10.7. The van der Waals surface area contributed by atoms with E-state index in [0.29, 0.717) is 18.2 Å². The largest absolute Gasteiger partial charge is 0.419 e. The van der Waals surface area contributed by atoms with Gasteiger partial charge in [-0.25, -0.2) is 0 Å². The molecule has 2 rings (SSSR count). The number of aryl methyl sites for hydroxylation is 1. The molecule has 0 bridgehead atoms. The molecule has 19 heavy (non-hydrogen) atoms. The van der Waals surface area contributed by atoms with Crippen LogP contribution >= 0.6 is 0 Å². The number of hydrogen-bond donors (Lipinski definition) is 1. The van der Waals surface area contributed by atoms with Crippen LogP contribution in [-0.2, 0) is 11.3 Å². The Bertz CT molecular complexity index is 563. The smallest absolute Gasteiger partial charge is 0.248 e. The highest BCUT2D eigenvalue weighted by atomic mass is 16.4. The Kier molecular flexibility index (Phi) is 4.28. The summed E-state index contributed by atoms with van der Waals surface area (Å²) in [6.07, 6.45) is 1.34. The predicted octanol–water partition coefficient (Wildman–Crippen LogP) is 2.46. The van der Waals surface area contributed by atoms with E-state index in [4.69, 9.17) is 4.42 Å². The summed E-state index contributed by atoms with van der Waals surface area (Å²) < 4.78 is 5.54. The molecule has 1 amide bonds. The van der Waals surface area contributed by atoms with Crippen molar-refractivity contribution >= 4 is 5.91 Å². The van der Waals surface area contributed by atoms with Crippen molar-refractivity contribution in [3.05, 3.63) is 35.7 Å². The SMILES string of the molecule is CCCC(=O)NCc1nnc(-c2ccccc2C)o1. The maximum atomic E-state index is 11.3. The molecule has 2 aromatic rings. The van der Waals surface area contributed by atoms with Crippen LogP contribution in [0.4, 0.5) is 0 Å². The number of aromatic nitrogens is 2. The van der Waals surface area contributed by atoms with Gasteiger partial charge >= 0.3 is 0 Å². The van der Waals surface area contributed by atoms with Crippen LogP contribution in [-0.4, -0.2) is 16.1 Å². The van der Waals surface area contributed by atoms with E-state index in [-0.39, 0.29) is 12.5 Å². The van der Waals surface area contributed by atoms with Gasteiger partial charge in [0.15, 0.2) is 0 Å². The Hall–Kier alpha value is -2.17. The first-order chi connectivity index (χ1) is 9.20. The van der Waals surface area contributed by atoms with E-state index in [1.54, 1.807) is 0 Å². The molecule has 1 aromatic heterocycles. The van der Waals surface area contributed by atoms with Crippen molar-refractivity contribution in [3.63, 3.8) is 0 Å². The molecule has 1 aromatic carbocycles. The lowest BCUT2D eigenvalue weighted by Gasteiger charge is -2.00. The first kappa shape index (κ1) is 13.3. The fraction of sp³-hybridized carbons (Fsp3) is 0.357. The minimum Gasteiger partial charge on any atom is -0.419 e. The van der Waals surface area contributed by atoms with E-state index in [1.165, 1.54) is 0 Å². The highest BCUT2D eigenvalue weighted by Gasteiger charge is 2.10. The van der Waals surface area contributed by atoms with Crippen LogP contribution in [0, 0.1) is 6.92 Å². The maximum absolute atomic E-state index is 11.3. The predicted molar refractivity (Wildman–Crippen MR) is 71.2 cm³/mol. The van der Waals surface area contributed by atoms with Gasteiger partial charge in [0.2, 0.25) is 17.7 Å². The Balaban J connectivity index is 2.04. The molecule has 5 nitrogen and oxygen atoms in total. The summed E-state index contributed by atoms with van der Waals surface area (Å²) in [7, 11) is 0. The van der Waals surface area contributed by atoms with Crippen LogP contribution in [0.5, 0.6) is 0 Å². The molecule has 0 aliphatic heterocycles. The van der Waals surface area contributed by atoms with Gasteiger partial charge in [0.05, 0.1) is 6.54 Å². The third kappa shape index (κ3) is 3.40. The number of benzene rings is 1. The molecular formula is C14H17N3O2. The van der Waals surface area contributed by atoms with E-state index < -0.39 is 0 Å². The van der Waals surface area contributed by atoms with Crippen LogP contribution in [0.3, 0.4) is 0 Å². The Morgan fingerprint density at radius 3 is 2.84 bits per heavy atom. The molecule has 0 fully saturated rings. The number of hydrogen-bond acceptors (Lipinski definition) is 4. The number of carbonyl (C=O) groups excluding carboxylic acids is 1. The second kappa shape index (κ2) is 6.13. The van der Waals surface area contributed by atoms with E-state index in [0.717, 1.165) is 17.5 Å². The van der Waals surface area contributed by atoms with Crippen molar-refractivity contribution in [2.24, 2.45) is 0 Å². The van der Waals surface area contributed by atoms with Gasteiger partial charge in [0.1, 0.15) is 0 Å². The second-order valence-electron chi connectivity index (χ2n) is 4.34. The lowest BCUT2D eigenvalue weighted by Crippen LogP contribution is -2.22. The summed E-state index contributed by atoms with van der Waals surface area (Å²) in [4.78, 5) is 11.3. The van der Waals surface area contributed by atoms with Gasteiger partial charge < -0.3 is 9.73 Å². The van der Waals surface area contributed by atoms with Crippen LogP contribution in [0.25, 0.3) is 11.5 Å². The molecule has 0 atom stereocenters. The summed E-state index contributed by atoms with van der Waals surface area (Å²) in [6, 6.07) is 7.81. The molecule has 0 aliphatic rings. The van der Waals surface area contributed by atoms with Gasteiger partial charge in [-0.3, -0.25) is 4.79 Å². The minimum absolute atomic E-state index is 0.00172. The van der Waals surface area contributed by atoms with Crippen molar-refractivity contribution in [1.82, 2.24) is 15.5 Å². The van der Waals surface area contributed by atoms with Gasteiger partial charge in [-0.15, -0.1) is 10.2 Å². The number of carbonyl (C=O) groups is 1. The molecule has 100 valence electrons. The van der Waals surface area contributed by atoms with Gasteiger partial charge in [-0.1, -0.05) is 25.1 Å². The van der Waals surface area contributed by atoms with Crippen molar-refractivity contribution in [1.29, 1.82) is 0 Å². The quantitative estimate of drug-likeness (QED) is 0.895. The monoisotopic (exact) mass is 259 g/mol. The van der Waals surface area contributed by atoms with Crippen LogP contribution in [0.15, 0.2) is 28.7 Å². The van der Waals surface area contributed by atoms with Crippen LogP contribution in [0.1, 0.15) is 31.2 Å². The van der Waals surface area contributed by atoms with E-state index in [2.05, 4.69) is 15.5 Å². The third-order valence-electron chi connectivity index (χ3n) is 2.76. The molecule has 0 radical (unpaired) electrons. The molecule has 5 heteroatoms. The highest BCUT2D eigenvalue weighted by molar-refractivity contribution is 5.75. The van der Waals surface area contributed by atoms with Crippen molar-refractivity contribution in [2.45, 2.75) is 33.2 Å². The first-order valence-electron chi connectivity index (χ1n) is 6.35.